The summed E-state index contributed by atoms with van der Waals surface area (Å²) in [5.74, 6) is -2.36. The van der Waals surface area contributed by atoms with Crippen LogP contribution in [0.25, 0.3) is 0 Å². The van der Waals surface area contributed by atoms with Crippen molar-refractivity contribution in [2.24, 2.45) is 17.8 Å². The first-order valence-corrected chi connectivity index (χ1v) is 15.8. The number of benzene rings is 1. The minimum absolute atomic E-state index is 0.0635. The number of aliphatic hydroxyl groups is 1. The zero-order valence-corrected chi connectivity index (χ0v) is 26.2. The maximum Gasteiger partial charge on any atom is 0.311 e. The van der Waals surface area contributed by atoms with E-state index < -0.39 is 33.4 Å². The molecule has 2 amide bonds. The van der Waals surface area contributed by atoms with Crippen molar-refractivity contribution in [3.63, 3.8) is 0 Å². The number of unbranched alkanes of at least 4 members (excludes halogenated alkanes) is 1. The summed E-state index contributed by atoms with van der Waals surface area (Å²) in [4.78, 5) is 46.3. The molecular formula is C32H43ClN2O5S. The molecule has 1 aromatic carbocycles. The number of ether oxygens (including phenoxy) is 1. The van der Waals surface area contributed by atoms with Crippen LogP contribution in [0.1, 0.15) is 58.4 Å². The number of carbonyl (C=O) groups is 3. The normalized spacial score (nSPS) is 29.7. The van der Waals surface area contributed by atoms with E-state index in [4.69, 9.17) is 16.3 Å². The van der Waals surface area contributed by atoms with Gasteiger partial charge in [0.05, 0.1) is 46.5 Å². The summed E-state index contributed by atoms with van der Waals surface area (Å²) in [6, 6.07) is 4.03. The van der Waals surface area contributed by atoms with Crippen molar-refractivity contribution in [3.8, 4) is 0 Å². The molecule has 0 aromatic heterocycles. The average molecular weight is 603 g/mol. The van der Waals surface area contributed by atoms with Gasteiger partial charge in [0, 0.05) is 11.3 Å². The van der Waals surface area contributed by atoms with Crippen LogP contribution in [-0.2, 0) is 19.1 Å². The summed E-state index contributed by atoms with van der Waals surface area (Å²) in [5, 5.41) is 11.0. The quantitative estimate of drug-likeness (QED) is 0.181. The van der Waals surface area contributed by atoms with Crippen LogP contribution in [0.15, 0.2) is 43.5 Å². The molecule has 7 nitrogen and oxygen atoms in total. The molecule has 3 heterocycles. The lowest BCUT2D eigenvalue weighted by Gasteiger charge is -2.41. The smallest absolute Gasteiger partial charge is 0.311 e. The second-order valence-corrected chi connectivity index (χ2v) is 14.2. The fourth-order valence-electron chi connectivity index (χ4n) is 7.20. The largest absolute Gasteiger partial charge is 0.465 e. The van der Waals surface area contributed by atoms with Gasteiger partial charge in [-0.3, -0.25) is 14.4 Å². The number of amides is 2. The van der Waals surface area contributed by atoms with E-state index in [1.165, 1.54) is 0 Å². The molecule has 4 rings (SSSR count). The Morgan fingerprint density at radius 2 is 2.05 bits per heavy atom. The Hall–Kier alpha value is -2.29. The Balaban J connectivity index is 1.84. The number of nitrogens with zero attached hydrogens (tertiary/aromatic N) is 2. The van der Waals surface area contributed by atoms with Gasteiger partial charge in [0.1, 0.15) is 6.04 Å². The summed E-state index contributed by atoms with van der Waals surface area (Å²) in [7, 11) is 0. The molecule has 3 saturated heterocycles. The van der Waals surface area contributed by atoms with E-state index in [0.29, 0.717) is 36.4 Å². The molecular weight excluding hydrogens is 560 g/mol. The van der Waals surface area contributed by atoms with Crippen LogP contribution < -0.4 is 4.90 Å². The Morgan fingerprint density at radius 3 is 2.66 bits per heavy atom. The molecule has 0 radical (unpaired) electrons. The van der Waals surface area contributed by atoms with Gasteiger partial charge in [-0.15, -0.1) is 24.9 Å². The number of halogens is 1. The van der Waals surface area contributed by atoms with Crippen LogP contribution >= 0.6 is 23.4 Å². The predicted octanol–water partition coefficient (Wildman–Crippen LogP) is 5.57. The molecule has 0 aliphatic carbocycles. The van der Waals surface area contributed by atoms with Gasteiger partial charge in [-0.25, -0.2) is 0 Å². The van der Waals surface area contributed by atoms with Crippen LogP contribution in [0.3, 0.4) is 0 Å². The number of esters is 1. The Kier molecular flexibility index (Phi) is 9.66. The van der Waals surface area contributed by atoms with Gasteiger partial charge in [0.15, 0.2) is 0 Å². The molecule has 9 heteroatoms. The number of hydrogen-bond acceptors (Lipinski definition) is 6. The van der Waals surface area contributed by atoms with Crippen LogP contribution in [0.2, 0.25) is 5.02 Å². The minimum Gasteiger partial charge on any atom is -0.465 e. The molecule has 2 bridgehead atoms. The Bertz CT molecular complexity index is 1190. The van der Waals surface area contributed by atoms with E-state index in [0.717, 1.165) is 12.0 Å². The van der Waals surface area contributed by atoms with Crippen LogP contribution in [-0.4, -0.2) is 69.1 Å². The lowest BCUT2D eigenvalue weighted by Crippen LogP contribution is -2.59. The zero-order chi connectivity index (χ0) is 30.1. The first-order valence-electron chi connectivity index (χ1n) is 14.6. The van der Waals surface area contributed by atoms with Gasteiger partial charge < -0.3 is 19.6 Å². The molecule has 3 aliphatic heterocycles. The maximum atomic E-state index is 14.9. The monoisotopic (exact) mass is 602 g/mol. The Morgan fingerprint density at radius 1 is 1.32 bits per heavy atom. The van der Waals surface area contributed by atoms with Crippen LogP contribution in [0.5, 0.6) is 0 Å². The number of anilines is 1. The van der Waals surface area contributed by atoms with Crippen LogP contribution in [0.4, 0.5) is 5.69 Å². The van der Waals surface area contributed by atoms with E-state index in [-0.39, 0.29) is 43.5 Å². The first-order chi connectivity index (χ1) is 19.5. The highest BCUT2D eigenvalue weighted by molar-refractivity contribution is 8.02. The number of hydrogen-bond donors (Lipinski definition) is 1. The van der Waals surface area contributed by atoms with Crippen molar-refractivity contribution in [1.29, 1.82) is 0 Å². The topological polar surface area (TPSA) is 87.1 Å². The first kappa shape index (κ1) is 31.6. The average Bonchev–Trinajstić information content (AvgIpc) is 3.51. The number of fused-ring (bicyclic) bond motifs is 1. The highest BCUT2D eigenvalue weighted by Gasteiger charge is 2.78. The summed E-state index contributed by atoms with van der Waals surface area (Å²) in [6.45, 7) is 15.7. The third-order valence-electron chi connectivity index (χ3n) is 9.38. The van der Waals surface area contributed by atoms with E-state index in [2.05, 4.69) is 13.2 Å². The standard InChI is InChI=1S/C32H43ClN2O5S/c1-7-10-11-18-40-30(39)25-24-28(37)35(23(19-36)20(4)9-3)27(32(24)16-15-31(25,6)41-32)29(38)34(17-8-2)26-21(5)13-12-14-22(26)33/h7-8,12-14,20,23-25,27,36H,1-2,9-11,15-19H2,3-6H3/t20-,23-,24-,25+,27?,31-,32?/m0/s1. The van der Waals surface area contributed by atoms with Crippen molar-refractivity contribution in [2.45, 2.75) is 81.4 Å². The van der Waals surface area contributed by atoms with Gasteiger partial charge in [-0.1, -0.05) is 56.2 Å². The van der Waals surface area contributed by atoms with Gasteiger partial charge in [-0.2, -0.15) is 0 Å². The van der Waals surface area contributed by atoms with Crippen molar-refractivity contribution < 1.29 is 24.2 Å². The third-order valence-corrected chi connectivity index (χ3v) is 11.7. The molecule has 0 saturated carbocycles. The lowest BCUT2D eigenvalue weighted by atomic mass is 9.66. The second-order valence-electron chi connectivity index (χ2n) is 11.8. The number of aryl methyl sites for hydroxylation is 1. The predicted molar refractivity (Wildman–Crippen MR) is 165 cm³/mol. The number of thioether (sulfide) groups is 1. The van der Waals surface area contributed by atoms with Gasteiger partial charge in [0.2, 0.25) is 5.91 Å². The number of carbonyl (C=O) groups excluding carboxylic acids is 3. The maximum absolute atomic E-state index is 14.9. The summed E-state index contributed by atoms with van der Waals surface area (Å²) in [6.07, 6.45) is 6.84. The van der Waals surface area contributed by atoms with E-state index in [1.54, 1.807) is 39.8 Å². The van der Waals surface area contributed by atoms with E-state index >= 15 is 0 Å². The molecule has 7 atom stereocenters. The minimum atomic E-state index is -0.882. The van der Waals surface area contributed by atoms with Crippen molar-refractivity contribution in [3.05, 3.63) is 54.1 Å². The SMILES string of the molecule is C=CCCCOC(=O)[C@H]1[C@H]2C(=O)N([C@@H](CO)[C@@H](C)CC)C(C(=O)N(CC=C)c3c(C)cccc3Cl)C23CC[C@]1(C)S3. The number of aliphatic hydroxyl groups excluding tert-OH is 1. The molecule has 224 valence electrons. The van der Waals surface area contributed by atoms with Crippen molar-refractivity contribution in [2.75, 3.05) is 24.7 Å². The zero-order valence-electron chi connectivity index (χ0n) is 24.6. The summed E-state index contributed by atoms with van der Waals surface area (Å²) >= 11 is 8.26. The molecule has 41 heavy (non-hydrogen) atoms. The summed E-state index contributed by atoms with van der Waals surface area (Å²) in [5.41, 5.74) is 1.41. The van der Waals surface area contributed by atoms with Gasteiger partial charge in [-0.05, 0) is 57.1 Å². The lowest BCUT2D eigenvalue weighted by molar-refractivity contribution is -0.156. The summed E-state index contributed by atoms with van der Waals surface area (Å²) < 4.78 is 4.36. The molecule has 3 aliphatic rings. The number of allylic oxidation sites excluding steroid dienone is 1. The molecule has 3 fully saturated rings. The van der Waals surface area contributed by atoms with Crippen molar-refractivity contribution >= 4 is 46.8 Å². The highest BCUT2D eigenvalue weighted by Crippen LogP contribution is 2.72. The fraction of sp³-hybridized carbons (Fsp3) is 0.594. The Labute approximate surface area is 253 Å². The number of para-hydroxylation sites is 1. The number of likely N-dealkylation sites (tertiary alicyclic amines) is 1. The molecule has 2 unspecified atom stereocenters. The number of rotatable bonds is 13. The van der Waals surface area contributed by atoms with E-state index in [9.17, 15) is 19.5 Å². The highest BCUT2D eigenvalue weighted by atomic mass is 35.5. The molecule has 1 N–H and O–H groups in total. The second kappa shape index (κ2) is 12.5. The molecule has 1 aromatic rings. The fourth-order valence-corrected chi connectivity index (χ4v) is 9.84. The van der Waals surface area contributed by atoms with E-state index in [1.807, 2.05) is 39.8 Å². The van der Waals surface area contributed by atoms with Gasteiger partial charge >= 0.3 is 5.97 Å². The third kappa shape index (κ3) is 5.25. The van der Waals surface area contributed by atoms with Crippen LogP contribution in [0, 0.1) is 24.7 Å². The molecule has 1 spiro atoms. The van der Waals surface area contributed by atoms with Crippen molar-refractivity contribution in [1.82, 2.24) is 4.90 Å². The van der Waals surface area contributed by atoms with Gasteiger partial charge in [0.25, 0.3) is 5.91 Å².